The molecule has 0 spiro atoms. The Kier molecular flexibility index (Phi) is 5.29. The van der Waals surface area contributed by atoms with Gasteiger partial charge in [0.05, 0.1) is 13.7 Å². The molecule has 0 aliphatic carbocycles. The smallest absolute Gasteiger partial charge is 0.433 e. The van der Waals surface area contributed by atoms with Gasteiger partial charge in [-0.05, 0) is 19.1 Å². The van der Waals surface area contributed by atoms with E-state index in [4.69, 9.17) is 10.3 Å². The van der Waals surface area contributed by atoms with Crippen molar-refractivity contribution in [3.8, 4) is 5.75 Å². The van der Waals surface area contributed by atoms with E-state index >= 15 is 0 Å². The third-order valence-corrected chi connectivity index (χ3v) is 2.83. The van der Waals surface area contributed by atoms with Crippen molar-refractivity contribution in [1.29, 1.82) is 0 Å². The lowest BCUT2D eigenvalue weighted by Gasteiger charge is -2.26. The van der Waals surface area contributed by atoms with E-state index in [-0.39, 0.29) is 12.4 Å². The Bertz CT molecular complexity index is 594. The van der Waals surface area contributed by atoms with Crippen LogP contribution < -0.4 is 4.74 Å². The van der Waals surface area contributed by atoms with Crippen molar-refractivity contribution in [2.24, 2.45) is 0 Å². The summed E-state index contributed by atoms with van der Waals surface area (Å²) in [6, 6.07) is 4.12. The van der Waals surface area contributed by atoms with E-state index in [1.807, 2.05) is 0 Å². The second-order valence-electron chi connectivity index (χ2n) is 4.11. The Hall–Kier alpha value is -2.38. The molecule has 120 valence electrons. The van der Waals surface area contributed by atoms with Crippen LogP contribution in [0.2, 0.25) is 0 Å². The maximum atomic E-state index is 13.3. The number of methoxy groups -OCH3 is 1. The molecule has 0 radical (unpaired) electrons. The minimum Gasteiger partial charge on any atom is -0.497 e. The summed E-state index contributed by atoms with van der Waals surface area (Å²) in [6.45, 7) is 1.10. The molecule has 0 aliphatic rings. The Balaban J connectivity index is 3.49. The zero-order chi connectivity index (χ0) is 17.0. The number of rotatable bonds is 5. The lowest BCUT2D eigenvalue weighted by molar-refractivity contribution is -0.247. The van der Waals surface area contributed by atoms with E-state index in [9.17, 15) is 23.1 Å². The van der Waals surface area contributed by atoms with Crippen LogP contribution in [0.25, 0.3) is 5.53 Å². The van der Waals surface area contributed by atoms with Gasteiger partial charge in [0.2, 0.25) is 0 Å². The van der Waals surface area contributed by atoms with E-state index < -0.39 is 29.0 Å². The molecule has 6 nitrogen and oxygen atoms in total. The molecule has 1 unspecified atom stereocenters. The summed E-state index contributed by atoms with van der Waals surface area (Å²) < 4.78 is 49.2. The summed E-state index contributed by atoms with van der Waals surface area (Å²) in [4.78, 5) is 13.9. The third kappa shape index (κ3) is 3.10. The highest BCUT2D eigenvalue weighted by Gasteiger charge is 2.66. The molecular weight excluding hydrogens is 305 g/mol. The number of halogens is 3. The molecule has 0 bridgehead atoms. The van der Waals surface area contributed by atoms with Crippen molar-refractivity contribution >= 4 is 11.7 Å². The number of hydrogen-bond acceptors (Lipinski definition) is 4. The molecule has 9 heteroatoms. The van der Waals surface area contributed by atoms with Gasteiger partial charge in [0.25, 0.3) is 5.60 Å². The monoisotopic (exact) mass is 318 g/mol. The summed E-state index contributed by atoms with van der Waals surface area (Å²) >= 11 is 0. The summed E-state index contributed by atoms with van der Waals surface area (Å²) in [5.41, 5.74) is 2.67. The van der Waals surface area contributed by atoms with Gasteiger partial charge in [-0.15, -0.1) is 0 Å². The van der Waals surface area contributed by atoms with E-state index in [0.717, 1.165) is 24.3 Å². The van der Waals surface area contributed by atoms with Crippen LogP contribution in [0.4, 0.5) is 13.2 Å². The van der Waals surface area contributed by atoms with Crippen LogP contribution in [0.3, 0.4) is 0 Å². The van der Waals surface area contributed by atoms with Crippen molar-refractivity contribution < 1.29 is 37.3 Å². The van der Waals surface area contributed by atoms with Crippen molar-refractivity contribution in [1.82, 2.24) is 0 Å². The van der Waals surface area contributed by atoms with Gasteiger partial charge >= 0.3 is 17.9 Å². The van der Waals surface area contributed by atoms with Crippen molar-refractivity contribution in [3.63, 3.8) is 0 Å². The zero-order valence-electron chi connectivity index (χ0n) is 11.7. The van der Waals surface area contributed by atoms with Crippen LogP contribution in [0.5, 0.6) is 5.75 Å². The highest BCUT2D eigenvalue weighted by Crippen LogP contribution is 2.40. The van der Waals surface area contributed by atoms with Gasteiger partial charge in [-0.1, -0.05) is 12.1 Å². The molecular formula is C13H13F3N2O4. The lowest BCUT2D eigenvalue weighted by Crippen LogP contribution is -2.53. The molecule has 0 saturated carbocycles. The van der Waals surface area contributed by atoms with Gasteiger partial charge in [0.15, 0.2) is 0 Å². The molecule has 1 N–H and O–H groups in total. The average Bonchev–Trinajstić information content (AvgIpc) is 2.47. The highest BCUT2D eigenvalue weighted by atomic mass is 19.4. The molecule has 0 amide bonds. The zero-order valence-corrected chi connectivity index (χ0v) is 11.7. The van der Waals surface area contributed by atoms with Crippen molar-refractivity contribution in [2.45, 2.75) is 18.7 Å². The Morgan fingerprint density at radius 2 is 1.86 bits per heavy atom. The van der Waals surface area contributed by atoms with Gasteiger partial charge in [-0.3, -0.25) is 0 Å². The fraction of sp³-hybridized carbons (Fsp3) is 0.385. The number of carbonyl (C=O) groups excluding carboxylic acids is 1. The second-order valence-corrected chi connectivity index (χ2v) is 4.11. The van der Waals surface area contributed by atoms with Crippen LogP contribution in [-0.2, 0) is 15.1 Å². The average molecular weight is 318 g/mol. The second kappa shape index (κ2) is 6.59. The summed E-state index contributed by atoms with van der Waals surface area (Å²) in [5.74, 6) is -1.34. The molecule has 0 fully saturated rings. The van der Waals surface area contributed by atoms with Crippen LogP contribution in [0.1, 0.15) is 12.5 Å². The summed E-state index contributed by atoms with van der Waals surface area (Å²) in [6.07, 6.45) is -5.32. The maximum absolute atomic E-state index is 13.3. The van der Waals surface area contributed by atoms with Gasteiger partial charge in [0, 0.05) is 5.56 Å². The molecule has 1 atom stereocenters. The highest BCUT2D eigenvalue weighted by molar-refractivity contribution is 6.37. The predicted octanol–water partition coefficient (Wildman–Crippen LogP) is 1.68. The number of esters is 1. The van der Waals surface area contributed by atoms with Crippen LogP contribution in [-0.4, -0.2) is 41.5 Å². The third-order valence-electron chi connectivity index (χ3n) is 2.83. The first-order valence-electron chi connectivity index (χ1n) is 6.05. The number of carbonyl (C=O) groups is 1. The largest absolute Gasteiger partial charge is 0.497 e. The van der Waals surface area contributed by atoms with Crippen LogP contribution >= 0.6 is 0 Å². The van der Waals surface area contributed by atoms with Crippen LogP contribution in [0.15, 0.2) is 24.3 Å². The molecule has 1 rings (SSSR count). The van der Waals surface area contributed by atoms with Crippen LogP contribution in [0, 0.1) is 0 Å². The van der Waals surface area contributed by atoms with E-state index in [0.29, 0.717) is 0 Å². The van der Waals surface area contributed by atoms with Crippen molar-refractivity contribution in [3.05, 3.63) is 35.4 Å². The summed E-state index contributed by atoms with van der Waals surface area (Å²) in [5, 5.41) is 10.1. The first kappa shape index (κ1) is 17.7. The number of benzene rings is 1. The van der Waals surface area contributed by atoms with E-state index in [1.54, 1.807) is 0 Å². The number of aliphatic hydroxyl groups is 1. The minimum absolute atomic E-state index is 0.242. The van der Waals surface area contributed by atoms with Gasteiger partial charge in [-0.25, -0.2) is 4.79 Å². The standard InChI is InChI=1S/C13H13F3N2O4/c1-3-22-11(19)10(18-17)12(20,13(14,15)16)8-4-6-9(21-2)7-5-8/h4-7,20H,3H2,1-2H3. The first-order valence-corrected chi connectivity index (χ1v) is 6.05. The molecule has 0 saturated heterocycles. The quantitative estimate of drug-likeness (QED) is 0.387. The SMILES string of the molecule is CCOC(=O)C(=[N+]=[N-])C(O)(c1ccc(OC)cc1)C(F)(F)F. The Morgan fingerprint density at radius 1 is 1.32 bits per heavy atom. The first-order chi connectivity index (χ1) is 10.2. The Labute approximate surface area is 123 Å². The molecule has 0 heterocycles. The number of alkyl halides is 3. The number of hydrogen-bond donors (Lipinski definition) is 1. The number of ether oxygens (including phenoxy) is 2. The van der Waals surface area contributed by atoms with Gasteiger partial charge in [-0.2, -0.15) is 18.0 Å². The van der Waals surface area contributed by atoms with Crippen molar-refractivity contribution in [2.75, 3.05) is 13.7 Å². The molecule has 0 aliphatic heterocycles. The predicted molar refractivity (Wildman–Crippen MR) is 68.2 cm³/mol. The normalized spacial score (nSPS) is 13.7. The lowest BCUT2D eigenvalue weighted by atomic mass is 9.88. The molecule has 0 aromatic heterocycles. The van der Waals surface area contributed by atoms with Gasteiger partial charge < -0.3 is 20.1 Å². The fourth-order valence-corrected chi connectivity index (χ4v) is 1.73. The topological polar surface area (TPSA) is 92.2 Å². The molecule has 1 aromatic carbocycles. The molecule has 22 heavy (non-hydrogen) atoms. The van der Waals surface area contributed by atoms with E-state index in [1.165, 1.54) is 14.0 Å². The van der Waals surface area contributed by atoms with E-state index in [2.05, 4.69) is 9.53 Å². The van der Waals surface area contributed by atoms with Gasteiger partial charge in [0.1, 0.15) is 5.75 Å². The summed E-state index contributed by atoms with van der Waals surface area (Å²) in [7, 11) is 1.31. The molecule has 1 aromatic rings. The fourth-order valence-electron chi connectivity index (χ4n) is 1.73. The maximum Gasteiger partial charge on any atom is 0.433 e. The number of nitrogens with zero attached hydrogens (tertiary/aromatic N) is 2. The minimum atomic E-state index is -5.32. The Morgan fingerprint density at radius 3 is 2.23 bits per heavy atom.